The molecule has 12 atom stereocenters. The predicted octanol–water partition coefficient (Wildman–Crippen LogP) is 9.25. The second-order valence-corrected chi connectivity index (χ2v) is 30.0. The normalized spacial score (nSPS) is 33.3. The van der Waals surface area contributed by atoms with E-state index in [0.717, 1.165) is 85.6 Å². The number of hydrogen-bond donors (Lipinski definition) is 4. The molecule has 2 saturated carbocycles. The Balaban J connectivity index is 0.000000175. The van der Waals surface area contributed by atoms with Crippen LogP contribution in [0.15, 0.2) is 97.1 Å². The molecular formula is C64H78Cl2N4O12S2. The van der Waals surface area contributed by atoms with Crippen LogP contribution in [0.3, 0.4) is 0 Å². The number of nitrogens with zero attached hydrogens (tertiary/aromatic N) is 2. The number of amides is 2. The zero-order valence-electron chi connectivity index (χ0n) is 48.2. The lowest BCUT2D eigenvalue weighted by Crippen LogP contribution is -2.49. The van der Waals surface area contributed by atoms with E-state index in [1.807, 2.05) is 12.1 Å². The van der Waals surface area contributed by atoms with Crippen molar-refractivity contribution in [1.82, 2.24) is 9.44 Å². The van der Waals surface area contributed by atoms with Crippen LogP contribution in [0.5, 0.6) is 11.5 Å². The van der Waals surface area contributed by atoms with Gasteiger partial charge in [-0.15, -0.1) is 0 Å². The number of nitrogens with one attached hydrogen (secondary N) is 2. The summed E-state index contributed by atoms with van der Waals surface area (Å²) in [4.78, 5) is 31.2. The quantitative estimate of drug-likeness (QED) is 0.138. The standard InChI is InChI=1S/2C32H39ClN2O6S/c2*1-20-14-25(40-2)8-11-29(36)26-9-5-23(26)17-35-18-32(13-3-4-21-15-24(33)7-10-27(21)32)19-41-30-12-6-22(16-28(30)35)31(37)34-42(20,38)39/h2*6-8,10-12,15-16,20,23,25-26,29,36H,3-5,9,13-14,17-19H2,1-2H3,(H,34,37)/b2*11-8+/t20-,23+,25+,26-,29+,32+;20-,23-,25-,26+,29-,32-/m10/s1. The molecule has 2 spiro atoms. The molecule has 16 nitrogen and oxygen atoms in total. The number of aryl methyl sites for hydroxylation is 2. The Kier molecular flexibility index (Phi) is 17.7. The van der Waals surface area contributed by atoms with Crippen molar-refractivity contribution in [1.29, 1.82) is 0 Å². The molecule has 4 bridgehead atoms. The first kappa shape index (κ1) is 60.5. The average Bonchev–Trinajstić information content (AvgIpc) is 3.32. The Morgan fingerprint density at radius 1 is 0.583 bits per heavy atom. The summed E-state index contributed by atoms with van der Waals surface area (Å²) in [5.74, 6) is 0.616. The summed E-state index contributed by atoms with van der Waals surface area (Å²) in [6.45, 7) is 6.80. The molecule has 0 radical (unpaired) electrons. The number of ether oxygens (including phenoxy) is 4. The highest BCUT2D eigenvalue weighted by Crippen LogP contribution is 2.49. The molecule has 0 saturated heterocycles. The third kappa shape index (κ3) is 12.4. The first-order valence-corrected chi connectivity index (χ1v) is 33.5. The number of sulfonamides is 2. The molecule has 0 unspecified atom stereocenters. The highest BCUT2D eigenvalue weighted by atomic mass is 35.5. The number of benzene rings is 4. The van der Waals surface area contributed by atoms with Crippen molar-refractivity contribution < 1.29 is 55.6 Å². The number of anilines is 2. The van der Waals surface area contributed by atoms with Gasteiger partial charge < -0.3 is 39.0 Å². The van der Waals surface area contributed by atoms with Crippen molar-refractivity contribution in [3.63, 3.8) is 0 Å². The third-order valence-electron chi connectivity index (χ3n) is 19.6. The lowest BCUT2D eigenvalue weighted by Gasteiger charge is -2.45. The maximum absolute atomic E-state index is 13.3. The topological polar surface area (TPSA) is 210 Å². The van der Waals surface area contributed by atoms with Gasteiger partial charge in [-0.3, -0.25) is 9.59 Å². The van der Waals surface area contributed by atoms with Gasteiger partial charge in [-0.2, -0.15) is 0 Å². The van der Waals surface area contributed by atoms with Gasteiger partial charge in [0.15, 0.2) is 0 Å². The summed E-state index contributed by atoms with van der Waals surface area (Å²) in [7, 11) is -4.94. The predicted molar refractivity (Wildman–Crippen MR) is 326 cm³/mol. The Morgan fingerprint density at radius 2 is 1.00 bits per heavy atom. The molecule has 4 N–H and O–H groups in total. The van der Waals surface area contributed by atoms with E-state index in [-0.39, 0.29) is 58.5 Å². The molecule has 4 aromatic rings. The van der Waals surface area contributed by atoms with Gasteiger partial charge in [-0.1, -0.05) is 59.6 Å². The number of aliphatic hydroxyl groups excluding tert-OH is 2. The molecule has 4 aromatic carbocycles. The third-order valence-corrected chi connectivity index (χ3v) is 23.6. The van der Waals surface area contributed by atoms with E-state index in [2.05, 4.69) is 43.5 Å². The maximum atomic E-state index is 13.3. The van der Waals surface area contributed by atoms with Crippen LogP contribution >= 0.6 is 23.2 Å². The van der Waals surface area contributed by atoms with Crippen molar-refractivity contribution in [3.8, 4) is 11.5 Å². The number of hydrogen-bond acceptors (Lipinski definition) is 14. The summed E-state index contributed by atoms with van der Waals surface area (Å²) < 4.78 is 81.1. The van der Waals surface area contributed by atoms with E-state index < -0.39 is 66.8 Å². The van der Waals surface area contributed by atoms with Crippen LogP contribution in [0.2, 0.25) is 10.0 Å². The Bertz CT molecular complexity index is 3210. The maximum Gasteiger partial charge on any atom is 0.264 e. The minimum absolute atomic E-state index is 0.0697. The fraction of sp³-hybridized carbons (Fsp3) is 0.531. The SMILES string of the molecule is CO[C@H]1/C=C/[C@H](O)[C@@H]2CC[C@H]2CN2C[C@@]3(CCCc4cc(Cl)ccc43)COc3ccc(cc32)C(=O)NS(=O)(=O)[C@@H](C)C1.CO[C@H]1/C=C/[C@H](O)[C@@H]2CC[C@H]2CN2C[C@@]3(CCCc4cc(Cl)ccc43)COc3ccc(cc32)C(=O)NS(=O)(=O)[C@H](C)C1. The number of rotatable bonds is 2. The molecule has 4 heterocycles. The number of fused-ring (bicyclic) bond motifs is 8. The van der Waals surface area contributed by atoms with Crippen LogP contribution in [0.4, 0.5) is 11.4 Å². The van der Waals surface area contributed by atoms with E-state index in [9.17, 15) is 36.6 Å². The smallest absolute Gasteiger partial charge is 0.264 e. The lowest BCUT2D eigenvalue weighted by atomic mass is 9.68. The zero-order valence-corrected chi connectivity index (χ0v) is 51.3. The molecule has 20 heteroatoms. The summed E-state index contributed by atoms with van der Waals surface area (Å²) in [6, 6.07) is 22.6. The van der Waals surface area contributed by atoms with Crippen molar-refractivity contribution in [2.24, 2.45) is 23.7 Å². The van der Waals surface area contributed by atoms with Gasteiger partial charge in [0, 0.05) is 72.4 Å². The largest absolute Gasteiger partial charge is 0.490 e. The van der Waals surface area contributed by atoms with Gasteiger partial charge in [-0.05, 0) is 197 Å². The average molecular weight is 1230 g/mol. The Hall–Kier alpha value is -5.18. The monoisotopic (exact) mass is 1230 g/mol. The van der Waals surface area contributed by atoms with Crippen molar-refractivity contribution in [3.05, 3.63) is 141 Å². The number of carbonyl (C=O) groups is 2. The first-order chi connectivity index (χ1) is 40.2. The molecular weight excluding hydrogens is 1150 g/mol. The minimum atomic E-state index is -3.98. The van der Waals surface area contributed by atoms with Gasteiger partial charge in [-0.25, -0.2) is 26.3 Å². The number of carbonyl (C=O) groups excluding carboxylic acids is 2. The van der Waals surface area contributed by atoms with E-state index in [1.165, 1.54) is 36.5 Å². The van der Waals surface area contributed by atoms with E-state index in [1.54, 1.807) is 74.5 Å². The Labute approximate surface area is 504 Å². The molecule has 0 aromatic heterocycles. The minimum Gasteiger partial charge on any atom is -0.490 e. The van der Waals surface area contributed by atoms with Gasteiger partial charge in [0.25, 0.3) is 11.8 Å². The fourth-order valence-electron chi connectivity index (χ4n) is 14.4. The highest BCUT2D eigenvalue weighted by molar-refractivity contribution is 7.91. The van der Waals surface area contributed by atoms with E-state index in [4.69, 9.17) is 42.1 Å². The number of aliphatic hydroxyl groups is 2. The molecule has 84 heavy (non-hydrogen) atoms. The van der Waals surface area contributed by atoms with E-state index >= 15 is 0 Å². The molecule has 8 aliphatic rings. The van der Waals surface area contributed by atoms with Crippen molar-refractivity contribution >= 4 is 66.4 Å². The van der Waals surface area contributed by atoms with E-state index in [0.29, 0.717) is 50.9 Å². The molecule has 452 valence electrons. The van der Waals surface area contributed by atoms with Crippen LogP contribution < -0.4 is 28.7 Å². The van der Waals surface area contributed by atoms with Gasteiger partial charge in [0.05, 0.1) is 59.5 Å². The fourth-order valence-corrected chi connectivity index (χ4v) is 16.8. The van der Waals surface area contributed by atoms with Crippen LogP contribution in [0.1, 0.15) is 121 Å². The summed E-state index contributed by atoms with van der Waals surface area (Å²) >= 11 is 12.8. The molecule has 12 rings (SSSR count). The molecule has 2 fully saturated rings. The zero-order chi connectivity index (χ0) is 59.3. The summed E-state index contributed by atoms with van der Waals surface area (Å²) in [5, 5.41) is 22.0. The van der Waals surface area contributed by atoms with Gasteiger partial charge >= 0.3 is 0 Å². The number of halogens is 2. The van der Waals surface area contributed by atoms with Crippen LogP contribution in [0.25, 0.3) is 0 Å². The molecule has 4 aliphatic heterocycles. The van der Waals surface area contributed by atoms with Crippen molar-refractivity contribution in [2.45, 2.75) is 137 Å². The Morgan fingerprint density at radius 3 is 1.38 bits per heavy atom. The lowest BCUT2D eigenvalue weighted by molar-refractivity contribution is 0.0442. The van der Waals surface area contributed by atoms with Crippen LogP contribution in [-0.2, 0) is 53.2 Å². The summed E-state index contributed by atoms with van der Waals surface area (Å²) in [6.07, 6.45) is 14.6. The summed E-state index contributed by atoms with van der Waals surface area (Å²) in [5.41, 5.74) is 6.48. The van der Waals surface area contributed by atoms with Gasteiger partial charge in [0.1, 0.15) is 11.5 Å². The van der Waals surface area contributed by atoms with Gasteiger partial charge in [0.2, 0.25) is 20.0 Å². The highest BCUT2D eigenvalue weighted by Gasteiger charge is 2.47. The molecule has 2 amide bonds. The molecule has 4 aliphatic carbocycles. The van der Waals surface area contributed by atoms with Crippen LogP contribution in [0, 0.1) is 23.7 Å². The first-order valence-electron chi connectivity index (χ1n) is 29.7. The second kappa shape index (κ2) is 24.5. The second-order valence-electron chi connectivity index (χ2n) is 24.9. The van der Waals surface area contributed by atoms with Crippen LogP contribution in [-0.4, -0.2) is 127 Å². The van der Waals surface area contributed by atoms with Crippen molar-refractivity contribution in [2.75, 3.05) is 63.4 Å². The number of methoxy groups -OCH3 is 2.